The standard InChI is InChI=1S/C48H50O8/c1-25-21-43(53-33(9)49)29(5)17-39(25)47(40-18-30(6)44(22-26(40)2)54-34(10)50)37-13-15-38(16-14-37)48(41-19-31(7)45(23-27(41)3)55-35(11)51)42-20-32(8)46(24-28(42)4)56-36(12)52/h13-24,47-48H,1-12H3. The molecule has 0 saturated heterocycles. The molecular weight excluding hydrogens is 705 g/mol. The maximum Gasteiger partial charge on any atom is 0.308 e. The second-order valence-corrected chi connectivity index (χ2v) is 14.8. The van der Waals surface area contributed by atoms with Gasteiger partial charge >= 0.3 is 23.9 Å². The van der Waals surface area contributed by atoms with E-state index >= 15 is 0 Å². The average molecular weight is 755 g/mol. The number of carbonyl (C=O) groups is 4. The molecule has 290 valence electrons. The first-order valence-corrected chi connectivity index (χ1v) is 18.6. The third-order valence-corrected chi connectivity index (χ3v) is 10.1. The zero-order valence-electron chi connectivity index (χ0n) is 34.3. The van der Waals surface area contributed by atoms with Crippen molar-refractivity contribution in [1.82, 2.24) is 0 Å². The summed E-state index contributed by atoms with van der Waals surface area (Å²) in [6.45, 7) is 21.4. The lowest BCUT2D eigenvalue weighted by atomic mass is 9.77. The number of rotatable bonds is 10. The van der Waals surface area contributed by atoms with Crippen LogP contribution in [-0.2, 0) is 19.2 Å². The summed E-state index contributed by atoms with van der Waals surface area (Å²) in [5, 5.41) is 0. The molecule has 0 heterocycles. The van der Waals surface area contributed by atoms with Crippen molar-refractivity contribution in [2.45, 2.75) is 94.9 Å². The molecule has 0 aromatic heterocycles. The summed E-state index contributed by atoms with van der Waals surface area (Å²) in [6.07, 6.45) is 0. The number of ether oxygens (including phenoxy) is 4. The molecule has 5 aromatic rings. The van der Waals surface area contributed by atoms with E-state index in [1.54, 1.807) is 0 Å². The Labute approximate surface area is 329 Å². The first-order valence-electron chi connectivity index (χ1n) is 18.6. The molecule has 0 bridgehead atoms. The minimum Gasteiger partial charge on any atom is -0.426 e. The largest absolute Gasteiger partial charge is 0.426 e. The predicted molar refractivity (Wildman–Crippen MR) is 217 cm³/mol. The van der Waals surface area contributed by atoms with Crippen LogP contribution < -0.4 is 18.9 Å². The molecular formula is C48H50O8. The van der Waals surface area contributed by atoms with Crippen LogP contribution in [0.25, 0.3) is 0 Å². The molecule has 0 aliphatic heterocycles. The molecule has 0 radical (unpaired) electrons. The summed E-state index contributed by atoms with van der Waals surface area (Å²) < 4.78 is 22.2. The molecule has 0 aliphatic carbocycles. The highest BCUT2D eigenvalue weighted by molar-refractivity contribution is 5.72. The smallest absolute Gasteiger partial charge is 0.308 e. The van der Waals surface area contributed by atoms with Crippen molar-refractivity contribution in [2.75, 3.05) is 0 Å². The highest BCUT2D eigenvalue weighted by Gasteiger charge is 2.27. The zero-order chi connectivity index (χ0) is 41.2. The molecule has 0 atom stereocenters. The van der Waals surface area contributed by atoms with Crippen LogP contribution in [0.2, 0.25) is 0 Å². The first kappa shape index (κ1) is 41.1. The van der Waals surface area contributed by atoms with E-state index in [1.165, 1.54) is 27.7 Å². The molecule has 0 spiro atoms. The van der Waals surface area contributed by atoms with Gasteiger partial charge in [-0.1, -0.05) is 48.5 Å². The van der Waals surface area contributed by atoms with Crippen molar-refractivity contribution in [1.29, 1.82) is 0 Å². The van der Waals surface area contributed by atoms with Gasteiger partial charge in [0.05, 0.1) is 0 Å². The Morgan fingerprint density at radius 2 is 0.536 bits per heavy atom. The van der Waals surface area contributed by atoms with Gasteiger partial charge in [-0.15, -0.1) is 0 Å². The monoisotopic (exact) mass is 754 g/mol. The van der Waals surface area contributed by atoms with Crippen molar-refractivity contribution in [3.63, 3.8) is 0 Å². The SMILES string of the molecule is CC(=O)Oc1cc(C)c(C(c2ccc(C(c3cc(C)c(OC(C)=O)cc3C)c3cc(C)c(OC(C)=O)cc3C)cc2)c2cc(C)c(OC(C)=O)cc2C)cc1C. The van der Waals surface area contributed by atoms with Crippen molar-refractivity contribution in [2.24, 2.45) is 0 Å². The third-order valence-electron chi connectivity index (χ3n) is 10.1. The Morgan fingerprint density at radius 1 is 0.339 bits per heavy atom. The summed E-state index contributed by atoms with van der Waals surface area (Å²) in [5.41, 5.74) is 13.4. The molecule has 56 heavy (non-hydrogen) atoms. The van der Waals surface area contributed by atoms with Crippen LogP contribution in [0.5, 0.6) is 23.0 Å². The van der Waals surface area contributed by atoms with E-state index in [1.807, 2.05) is 79.7 Å². The van der Waals surface area contributed by atoms with E-state index in [-0.39, 0.29) is 35.7 Å². The van der Waals surface area contributed by atoms with Gasteiger partial charge in [0.1, 0.15) is 23.0 Å². The lowest BCUT2D eigenvalue weighted by Crippen LogP contribution is -2.12. The number of hydrogen-bond donors (Lipinski definition) is 0. The van der Waals surface area contributed by atoms with E-state index in [9.17, 15) is 19.2 Å². The Kier molecular flexibility index (Phi) is 12.3. The quantitative estimate of drug-likeness (QED) is 0.0788. The normalized spacial score (nSPS) is 11.1. The third kappa shape index (κ3) is 9.08. The number of benzene rings is 5. The number of esters is 4. The number of carbonyl (C=O) groups excluding carboxylic acids is 4. The topological polar surface area (TPSA) is 105 Å². The van der Waals surface area contributed by atoms with E-state index in [4.69, 9.17) is 18.9 Å². The molecule has 0 aliphatic rings. The lowest BCUT2D eigenvalue weighted by Gasteiger charge is -2.27. The molecule has 0 N–H and O–H groups in total. The second-order valence-electron chi connectivity index (χ2n) is 14.8. The van der Waals surface area contributed by atoms with Gasteiger partial charge in [-0.2, -0.15) is 0 Å². The summed E-state index contributed by atoms with van der Waals surface area (Å²) >= 11 is 0. The molecule has 0 saturated carbocycles. The highest BCUT2D eigenvalue weighted by atomic mass is 16.5. The highest BCUT2D eigenvalue weighted by Crippen LogP contribution is 2.43. The van der Waals surface area contributed by atoms with E-state index in [2.05, 4.69) is 48.5 Å². The van der Waals surface area contributed by atoms with Crippen LogP contribution in [-0.4, -0.2) is 23.9 Å². The lowest BCUT2D eigenvalue weighted by molar-refractivity contribution is -0.132. The Hall–Kier alpha value is -6.02. The molecule has 5 rings (SSSR count). The van der Waals surface area contributed by atoms with Gasteiger partial charge < -0.3 is 18.9 Å². The molecule has 8 nitrogen and oxygen atoms in total. The van der Waals surface area contributed by atoms with Crippen LogP contribution in [0.3, 0.4) is 0 Å². The Balaban J connectivity index is 1.73. The summed E-state index contributed by atoms with van der Waals surface area (Å²) in [4.78, 5) is 47.7. The minimum absolute atomic E-state index is 0.225. The fourth-order valence-electron chi connectivity index (χ4n) is 7.49. The first-order chi connectivity index (χ1) is 26.3. The molecule has 0 amide bonds. The van der Waals surface area contributed by atoms with Crippen LogP contribution in [0, 0.1) is 55.4 Å². The number of hydrogen-bond acceptors (Lipinski definition) is 8. The van der Waals surface area contributed by atoms with Crippen molar-refractivity contribution < 1.29 is 38.1 Å². The van der Waals surface area contributed by atoms with E-state index in [0.717, 1.165) is 77.9 Å². The van der Waals surface area contributed by atoms with Gasteiger partial charge in [0, 0.05) is 39.5 Å². The predicted octanol–water partition coefficient (Wildman–Crippen LogP) is 10.2. The van der Waals surface area contributed by atoms with Crippen LogP contribution in [0.1, 0.15) is 117 Å². The summed E-state index contributed by atoms with van der Waals surface area (Å²) in [5.74, 6) is 0.0936. The van der Waals surface area contributed by atoms with Gasteiger partial charge in [0.15, 0.2) is 0 Å². The van der Waals surface area contributed by atoms with Crippen molar-refractivity contribution in [3.8, 4) is 23.0 Å². The molecule has 0 fully saturated rings. The minimum atomic E-state index is -0.382. The maximum absolute atomic E-state index is 11.9. The molecule has 5 aromatic carbocycles. The summed E-state index contributed by atoms with van der Waals surface area (Å²) in [6, 6.07) is 24.6. The summed E-state index contributed by atoms with van der Waals surface area (Å²) in [7, 11) is 0. The zero-order valence-corrected chi connectivity index (χ0v) is 34.3. The van der Waals surface area contributed by atoms with Crippen LogP contribution in [0.4, 0.5) is 0 Å². The number of aryl methyl sites for hydroxylation is 8. The Bertz CT molecular complexity index is 2060. The second kappa shape index (κ2) is 16.8. The van der Waals surface area contributed by atoms with E-state index < -0.39 is 0 Å². The Morgan fingerprint density at radius 3 is 0.714 bits per heavy atom. The van der Waals surface area contributed by atoms with Gasteiger partial charge in [-0.3, -0.25) is 19.2 Å². The maximum atomic E-state index is 11.9. The molecule has 8 heteroatoms. The van der Waals surface area contributed by atoms with Gasteiger partial charge in [-0.05, 0) is 158 Å². The van der Waals surface area contributed by atoms with Crippen LogP contribution >= 0.6 is 0 Å². The van der Waals surface area contributed by atoms with Crippen molar-refractivity contribution in [3.05, 3.63) is 151 Å². The van der Waals surface area contributed by atoms with Crippen LogP contribution in [0.15, 0.2) is 72.8 Å². The van der Waals surface area contributed by atoms with Gasteiger partial charge in [-0.25, -0.2) is 0 Å². The van der Waals surface area contributed by atoms with Gasteiger partial charge in [0.2, 0.25) is 0 Å². The molecule has 0 unspecified atom stereocenters. The van der Waals surface area contributed by atoms with Gasteiger partial charge in [0.25, 0.3) is 0 Å². The average Bonchev–Trinajstić information content (AvgIpc) is 3.09. The van der Waals surface area contributed by atoms with E-state index in [0.29, 0.717) is 23.0 Å². The van der Waals surface area contributed by atoms with Crippen molar-refractivity contribution >= 4 is 23.9 Å². The fourth-order valence-corrected chi connectivity index (χ4v) is 7.49. The fraction of sp³-hybridized carbons (Fsp3) is 0.292.